The average Bonchev–Trinajstić information content (AvgIpc) is 2.81. The average molecular weight is 441 g/mol. The summed E-state index contributed by atoms with van der Waals surface area (Å²) in [4.78, 5) is 2.34. The molecule has 0 aromatic heterocycles. The molecule has 0 radical (unpaired) electrons. The van der Waals surface area contributed by atoms with Crippen molar-refractivity contribution in [2.45, 2.75) is 36.0 Å². The predicted molar refractivity (Wildman–Crippen MR) is 133 cm³/mol. The second kappa shape index (κ2) is 9.54. The molecule has 0 aliphatic carbocycles. The molecule has 162 valence electrons. The topological polar surface area (TPSA) is 18.5 Å². The first-order valence-electron chi connectivity index (χ1n) is 10.7. The predicted octanol–water partition coefficient (Wildman–Crippen LogP) is 8.27. The summed E-state index contributed by atoms with van der Waals surface area (Å²) in [6.45, 7) is 6.63. The quantitative estimate of drug-likeness (QED) is 0.288. The van der Waals surface area contributed by atoms with Gasteiger partial charge in [0.25, 0.3) is 0 Å². The Balaban J connectivity index is 1.41. The lowest BCUT2D eigenvalue weighted by atomic mass is 9.78. The normalized spacial score (nSPS) is 11.2. The molecule has 0 saturated heterocycles. The fourth-order valence-corrected chi connectivity index (χ4v) is 4.38. The van der Waals surface area contributed by atoms with Crippen molar-refractivity contribution in [3.05, 3.63) is 114 Å². The van der Waals surface area contributed by atoms with Gasteiger partial charge >= 0.3 is 0 Å². The number of rotatable bonds is 7. The molecule has 0 aliphatic heterocycles. The first kappa shape index (κ1) is 22.0. The molecule has 0 N–H and O–H groups in total. The van der Waals surface area contributed by atoms with Crippen LogP contribution in [0.15, 0.2) is 107 Å². The van der Waals surface area contributed by atoms with Crippen LogP contribution in [0, 0.1) is 6.92 Å². The molecule has 0 fully saturated rings. The minimum atomic E-state index is -0.0629. The Bertz CT molecular complexity index is 1140. The van der Waals surface area contributed by atoms with Gasteiger partial charge in [-0.25, -0.2) is 0 Å². The molecule has 4 aromatic carbocycles. The zero-order valence-corrected chi connectivity index (χ0v) is 19.8. The maximum absolute atomic E-state index is 6.08. The third-order valence-corrected chi connectivity index (χ3v) is 6.72. The summed E-state index contributed by atoms with van der Waals surface area (Å²) in [5, 5.41) is 0. The third kappa shape index (κ3) is 5.17. The van der Waals surface area contributed by atoms with Crippen LogP contribution in [-0.4, -0.2) is 7.11 Å². The Morgan fingerprint density at radius 2 is 0.969 bits per heavy atom. The summed E-state index contributed by atoms with van der Waals surface area (Å²) < 4.78 is 11.3. The van der Waals surface area contributed by atoms with E-state index in [1.165, 1.54) is 21.6 Å². The van der Waals surface area contributed by atoms with Gasteiger partial charge < -0.3 is 9.47 Å². The van der Waals surface area contributed by atoms with Gasteiger partial charge in [0.05, 0.1) is 7.11 Å². The van der Waals surface area contributed by atoms with Crippen molar-refractivity contribution in [1.82, 2.24) is 0 Å². The summed E-state index contributed by atoms with van der Waals surface area (Å²) in [6.07, 6.45) is 0. The van der Waals surface area contributed by atoms with Crippen LogP contribution in [0.25, 0.3) is 0 Å². The number of ether oxygens (including phenoxy) is 2. The highest BCUT2D eigenvalue weighted by Crippen LogP contribution is 2.34. The molecule has 0 heterocycles. The van der Waals surface area contributed by atoms with Crippen molar-refractivity contribution < 1.29 is 9.47 Å². The number of methoxy groups -OCH3 is 1. The van der Waals surface area contributed by atoms with Gasteiger partial charge in [0.1, 0.15) is 17.2 Å². The van der Waals surface area contributed by atoms with E-state index in [4.69, 9.17) is 9.47 Å². The van der Waals surface area contributed by atoms with Gasteiger partial charge in [-0.1, -0.05) is 67.6 Å². The van der Waals surface area contributed by atoms with Gasteiger partial charge in [-0.05, 0) is 78.7 Å². The number of benzene rings is 4. The van der Waals surface area contributed by atoms with Gasteiger partial charge in [0.2, 0.25) is 0 Å². The van der Waals surface area contributed by atoms with Crippen LogP contribution in [0.4, 0.5) is 0 Å². The van der Waals surface area contributed by atoms with Gasteiger partial charge in [-0.3, -0.25) is 0 Å². The van der Waals surface area contributed by atoms with Crippen molar-refractivity contribution in [3.63, 3.8) is 0 Å². The largest absolute Gasteiger partial charge is 0.497 e. The highest BCUT2D eigenvalue weighted by atomic mass is 32.2. The third-order valence-electron chi connectivity index (χ3n) is 5.70. The monoisotopic (exact) mass is 440 g/mol. The molecular formula is C29H28O2S. The Hall–Kier alpha value is -3.17. The minimum absolute atomic E-state index is 0.0629. The van der Waals surface area contributed by atoms with Gasteiger partial charge in [-0.2, -0.15) is 0 Å². The van der Waals surface area contributed by atoms with Crippen molar-refractivity contribution >= 4 is 11.8 Å². The molecule has 0 atom stereocenters. The maximum Gasteiger partial charge on any atom is 0.127 e. The zero-order chi connectivity index (χ0) is 22.6. The van der Waals surface area contributed by atoms with E-state index in [1.54, 1.807) is 18.9 Å². The second-order valence-corrected chi connectivity index (χ2v) is 9.51. The molecule has 3 heteroatoms. The molecule has 4 aromatic rings. The number of hydrogen-bond acceptors (Lipinski definition) is 3. The SMILES string of the molecule is COc1ccc(Sc2ccc(Oc3ccc(C(C)(C)c4ccc(C)cc4)cc3)cc2)cc1. The Morgan fingerprint density at radius 3 is 1.44 bits per heavy atom. The summed E-state index contributed by atoms with van der Waals surface area (Å²) in [5.74, 6) is 2.53. The van der Waals surface area contributed by atoms with Crippen LogP contribution in [0.2, 0.25) is 0 Å². The molecule has 2 nitrogen and oxygen atoms in total. The summed E-state index contributed by atoms with van der Waals surface area (Å²) in [7, 11) is 1.68. The molecule has 0 amide bonds. The van der Waals surface area contributed by atoms with Gasteiger partial charge in [0.15, 0.2) is 0 Å². The second-order valence-electron chi connectivity index (χ2n) is 8.37. The van der Waals surface area contributed by atoms with E-state index >= 15 is 0 Å². The molecule has 0 bridgehead atoms. The van der Waals surface area contributed by atoms with Gasteiger partial charge in [0, 0.05) is 15.2 Å². The van der Waals surface area contributed by atoms with Crippen LogP contribution < -0.4 is 9.47 Å². The highest BCUT2D eigenvalue weighted by Gasteiger charge is 2.22. The molecule has 0 saturated carbocycles. The van der Waals surface area contributed by atoms with Gasteiger partial charge in [-0.15, -0.1) is 0 Å². The van der Waals surface area contributed by atoms with E-state index in [2.05, 4.69) is 81.4 Å². The van der Waals surface area contributed by atoms with Crippen LogP contribution in [-0.2, 0) is 5.41 Å². The lowest BCUT2D eigenvalue weighted by molar-refractivity contribution is 0.414. The fraction of sp³-hybridized carbons (Fsp3) is 0.172. The fourth-order valence-electron chi connectivity index (χ4n) is 3.57. The van der Waals surface area contributed by atoms with Crippen LogP contribution in [0.3, 0.4) is 0 Å². The summed E-state index contributed by atoms with van der Waals surface area (Å²) in [6, 6.07) is 33.4. The lowest BCUT2D eigenvalue weighted by Gasteiger charge is -2.26. The molecule has 0 unspecified atom stereocenters. The Labute approximate surface area is 195 Å². The molecule has 0 spiro atoms. The Kier molecular flexibility index (Phi) is 6.57. The highest BCUT2D eigenvalue weighted by molar-refractivity contribution is 7.99. The van der Waals surface area contributed by atoms with E-state index in [9.17, 15) is 0 Å². The standard InChI is InChI=1S/C29H28O2S/c1-21-5-7-22(8-6-21)29(2,3)23-9-11-25(12-10-23)31-26-15-19-28(20-16-26)32-27-17-13-24(30-4)14-18-27/h5-20H,1-4H3. The van der Waals surface area contributed by atoms with E-state index in [-0.39, 0.29) is 5.41 Å². The first-order valence-corrected chi connectivity index (χ1v) is 11.5. The zero-order valence-electron chi connectivity index (χ0n) is 19.0. The van der Waals surface area contributed by atoms with Crippen LogP contribution in [0.1, 0.15) is 30.5 Å². The van der Waals surface area contributed by atoms with Crippen molar-refractivity contribution in [2.24, 2.45) is 0 Å². The molecule has 4 rings (SSSR count). The van der Waals surface area contributed by atoms with E-state index in [0.29, 0.717) is 0 Å². The van der Waals surface area contributed by atoms with E-state index in [1.807, 2.05) is 36.4 Å². The minimum Gasteiger partial charge on any atom is -0.497 e. The lowest BCUT2D eigenvalue weighted by Crippen LogP contribution is -2.18. The molecule has 32 heavy (non-hydrogen) atoms. The van der Waals surface area contributed by atoms with E-state index in [0.717, 1.165) is 22.1 Å². The smallest absolute Gasteiger partial charge is 0.127 e. The summed E-state index contributed by atoms with van der Waals surface area (Å²) in [5.41, 5.74) is 3.79. The summed E-state index contributed by atoms with van der Waals surface area (Å²) >= 11 is 1.71. The molecular weight excluding hydrogens is 412 g/mol. The van der Waals surface area contributed by atoms with Crippen LogP contribution in [0.5, 0.6) is 17.2 Å². The number of aryl methyl sites for hydroxylation is 1. The first-order chi connectivity index (χ1) is 15.4. The van der Waals surface area contributed by atoms with E-state index < -0.39 is 0 Å². The molecule has 0 aliphatic rings. The van der Waals surface area contributed by atoms with Crippen molar-refractivity contribution in [3.8, 4) is 17.2 Å². The Morgan fingerprint density at radius 1 is 0.562 bits per heavy atom. The maximum atomic E-state index is 6.08. The number of hydrogen-bond donors (Lipinski definition) is 0. The van der Waals surface area contributed by atoms with Crippen molar-refractivity contribution in [2.75, 3.05) is 7.11 Å². The van der Waals surface area contributed by atoms with Crippen LogP contribution >= 0.6 is 11.8 Å². The van der Waals surface area contributed by atoms with Crippen molar-refractivity contribution in [1.29, 1.82) is 0 Å².